The van der Waals surface area contributed by atoms with Gasteiger partial charge in [0.1, 0.15) is 23.0 Å². The third-order valence-corrected chi connectivity index (χ3v) is 6.13. The molecule has 2 aliphatic heterocycles. The molecule has 0 radical (unpaired) electrons. The average Bonchev–Trinajstić information content (AvgIpc) is 3.46. The predicted octanol–water partition coefficient (Wildman–Crippen LogP) is 3.70. The van der Waals surface area contributed by atoms with E-state index < -0.39 is 17.7 Å². The van der Waals surface area contributed by atoms with Crippen LogP contribution in [0.25, 0.3) is 5.76 Å². The summed E-state index contributed by atoms with van der Waals surface area (Å²) in [7, 11) is 3.05. The van der Waals surface area contributed by atoms with Gasteiger partial charge in [0.25, 0.3) is 11.7 Å². The Hall–Kier alpha value is -3.52. The Balaban J connectivity index is 1.85. The molecule has 34 heavy (non-hydrogen) atoms. The van der Waals surface area contributed by atoms with Crippen molar-refractivity contribution in [2.75, 3.05) is 34.0 Å². The molecular weight excluding hydrogens is 438 g/mol. The van der Waals surface area contributed by atoms with E-state index in [9.17, 15) is 14.7 Å². The highest BCUT2D eigenvalue weighted by atomic mass is 16.5. The van der Waals surface area contributed by atoms with Gasteiger partial charge >= 0.3 is 0 Å². The van der Waals surface area contributed by atoms with Gasteiger partial charge in [0, 0.05) is 24.3 Å². The Morgan fingerprint density at radius 2 is 1.82 bits per heavy atom. The normalized spacial score (nSPS) is 21.7. The maximum absolute atomic E-state index is 13.3. The summed E-state index contributed by atoms with van der Waals surface area (Å²) < 4.78 is 22.2. The van der Waals surface area contributed by atoms with E-state index in [0.717, 1.165) is 12.8 Å². The Bertz CT molecular complexity index is 1090. The molecule has 4 rings (SSSR count). The first-order valence-electron chi connectivity index (χ1n) is 11.3. The van der Waals surface area contributed by atoms with Crippen LogP contribution in [0, 0.1) is 0 Å². The number of aliphatic hydroxyl groups excluding tert-OH is 1. The first-order chi connectivity index (χ1) is 16.5. The topological polar surface area (TPSA) is 94.5 Å². The summed E-state index contributed by atoms with van der Waals surface area (Å²) in [5.74, 6) is -0.0330. The van der Waals surface area contributed by atoms with E-state index in [1.807, 2.05) is 6.92 Å². The third kappa shape index (κ3) is 4.46. The molecule has 2 aliphatic rings. The Morgan fingerprint density at radius 1 is 1.09 bits per heavy atom. The summed E-state index contributed by atoms with van der Waals surface area (Å²) in [6.07, 6.45) is 1.51. The van der Waals surface area contributed by atoms with Gasteiger partial charge in [-0.3, -0.25) is 9.59 Å². The molecule has 2 aromatic carbocycles. The third-order valence-electron chi connectivity index (χ3n) is 6.13. The molecular formula is C26H29NO7. The van der Waals surface area contributed by atoms with Gasteiger partial charge in [-0.25, -0.2) is 0 Å². The summed E-state index contributed by atoms with van der Waals surface area (Å²) in [4.78, 5) is 27.9. The first-order valence-corrected chi connectivity index (χ1v) is 11.3. The maximum atomic E-state index is 13.3. The lowest BCUT2D eigenvalue weighted by Crippen LogP contribution is -2.36. The fourth-order valence-electron chi connectivity index (χ4n) is 4.48. The number of aliphatic hydroxyl groups is 1. The fraction of sp³-hybridized carbons (Fsp3) is 0.385. The molecule has 2 heterocycles. The van der Waals surface area contributed by atoms with Crippen molar-refractivity contribution in [3.05, 3.63) is 59.2 Å². The first kappa shape index (κ1) is 23.6. The number of amides is 1. The maximum Gasteiger partial charge on any atom is 0.295 e. The second-order valence-electron chi connectivity index (χ2n) is 8.15. The van der Waals surface area contributed by atoms with Crippen molar-refractivity contribution in [3.63, 3.8) is 0 Å². The number of methoxy groups -OCH3 is 2. The van der Waals surface area contributed by atoms with Gasteiger partial charge in [-0.1, -0.05) is 0 Å². The number of nitrogens with zero attached hydrogens (tertiary/aromatic N) is 1. The molecule has 0 saturated carbocycles. The number of benzene rings is 2. The molecule has 2 atom stereocenters. The monoisotopic (exact) mass is 467 g/mol. The van der Waals surface area contributed by atoms with Crippen LogP contribution in [0.1, 0.15) is 36.9 Å². The van der Waals surface area contributed by atoms with E-state index in [2.05, 4.69) is 0 Å². The standard InChI is InChI=1S/C26H29NO7/c1-4-33-17-9-7-16(8-10-17)24(28)22-23(20-14-18(31-2)11-12-21(20)32-3)27(26(30)25(22)29)15-19-6-5-13-34-19/h7-12,14,19,23,28H,4-6,13,15H2,1-3H3/b24-22+. The number of ketones is 1. The van der Waals surface area contributed by atoms with Gasteiger partial charge in [0.2, 0.25) is 0 Å². The summed E-state index contributed by atoms with van der Waals surface area (Å²) >= 11 is 0. The van der Waals surface area contributed by atoms with Crippen LogP contribution < -0.4 is 14.2 Å². The van der Waals surface area contributed by atoms with E-state index in [1.54, 1.807) is 42.5 Å². The zero-order valence-corrected chi connectivity index (χ0v) is 19.6. The molecule has 2 fully saturated rings. The highest BCUT2D eigenvalue weighted by Crippen LogP contribution is 2.44. The molecule has 2 saturated heterocycles. The highest BCUT2D eigenvalue weighted by molar-refractivity contribution is 6.46. The Kier molecular flexibility index (Phi) is 7.07. The molecule has 0 spiro atoms. The van der Waals surface area contributed by atoms with E-state index >= 15 is 0 Å². The molecule has 2 unspecified atom stereocenters. The van der Waals surface area contributed by atoms with Crippen LogP contribution in [0.15, 0.2) is 48.0 Å². The smallest absolute Gasteiger partial charge is 0.295 e. The Morgan fingerprint density at radius 3 is 2.44 bits per heavy atom. The van der Waals surface area contributed by atoms with Crippen molar-refractivity contribution < 1.29 is 33.6 Å². The SMILES string of the molecule is CCOc1ccc(/C(O)=C2\C(=O)C(=O)N(CC3CCCO3)C2c2cc(OC)ccc2OC)cc1. The summed E-state index contributed by atoms with van der Waals surface area (Å²) in [5.41, 5.74) is 0.954. The van der Waals surface area contributed by atoms with Crippen LogP contribution in [-0.4, -0.2) is 61.8 Å². The second kappa shape index (κ2) is 10.2. The minimum Gasteiger partial charge on any atom is -0.507 e. The van der Waals surface area contributed by atoms with Gasteiger partial charge in [0.05, 0.1) is 38.5 Å². The van der Waals surface area contributed by atoms with Gasteiger partial charge in [-0.15, -0.1) is 0 Å². The lowest BCUT2D eigenvalue weighted by molar-refractivity contribution is -0.140. The van der Waals surface area contributed by atoms with Crippen LogP contribution in [0.2, 0.25) is 0 Å². The zero-order chi connectivity index (χ0) is 24.2. The summed E-state index contributed by atoms with van der Waals surface area (Å²) in [5, 5.41) is 11.3. The summed E-state index contributed by atoms with van der Waals surface area (Å²) in [6.45, 7) is 3.24. The average molecular weight is 468 g/mol. The quantitative estimate of drug-likeness (QED) is 0.359. The van der Waals surface area contributed by atoms with E-state index in [-0.39, 0.29) is 24.0 Å². The predicted molar refractivity (Wildman–Crippen MR) is 125 cm³/mol. The number of Topliss-reactive ketones (excluding diaryl/α,β-unsaturated/α-hetero) is 1. The van der Waals surface area contributed by atoms with Gasteiger partial charge < -0.3 is 29.0 Å². The molecule has 0 aliphatic carbocycles. The highest BCUT2D eigenvalue weighted by Gasteiger charge is 2.48. The number of hydrogen-bond acceptors (Lipinski definition) is 7. The largest absolute Gasteiger partial charge is 0.507 e. The number of rotatable bonds is 8. The van der Waals surface area contributed by atoms with Gasteiger partial charge in [-0.2, -0.15) is 0 Å². The van der Waals surface area contributed by atoms with Crippen LogP contribution in [0.4, 0.5) is 0 Å². The molecule has 0 bridgehead atoms. The number of ether oxygens (including phenoxy) is 4. The van der Waals surface area contributed by atoms with E-state index in [0.29, 0.717) is 41.6 Å². The molecule has 0 aromatic heterocycles. The minimum atomic E-state index is -0.860. The van der Waals surface area contributed by atoms with Crippen molar-refractivity contribution in [2.45, 2.75) is 31.9 Å². The van der Waals surface area contributed by atoms with Crippen LogP contribution >= 0.6 is 0 Å². The lowest BCUT2D eigenvalue weighted by Gasteiger charge is -2.28. The van der Waals surface area contributed by atoms with Gasteiger partial charge in [0.15, 0.2) is 0 Å². The molecule has 1 N–H and O–H groups in total. The van der Waals surface area contributed by atoms with E-state index in [1.165, 1.54) is 19.1 Å². The van der Waals surface area contributed by atoms with Gasteiger partial charge in [-0.05, 0) is 62.2 Å². The van der Waals surface area contributed by atoms with Crippen molar-refractivity contribution in [1.82, 2.24) is 4.90 Å². The van der Waals surface area contributed by atoms with Crippen molar-refractivity contribution >= 4 is 17.4 Å². The zero-order valence-electron chi connectivity index (χ0n) is 19.6. The van der Waals surface area contributed by atoms with Crippen LogP contribution in [0.3, 0.4) is 0 Å². The molecule has 180 valence electrons. The van der Waals surface area contributed by atoms with E-state index in [4.69, 9.17) is 18.9 Å². The molecule has 2 aromatic rings. The number of carbonyl (C=O) groups excluding carboxylic acids is 2. The summed E-state index contributed by atoms with van der Waals surface area (Å²) in [6, 6.07) is 11.1. The number of likely N-dealkylation sites (tertiary alicyclic amines) is 1. The molecule has 8 heteroatoms. The number of hydrogen-bond donors (Lipinski definition) is 1. The minimum absolute atomic E-state index is 0.00119. The fourth-order valence-corrected chi connectivity index (χ4v) is 4.48. The van der Waals surface area contributed by atoms with Crippen LogP contribution in [0.5, 0.6) is 17.2 Å². The second-order valence-corrected chi connectivity index (χ2v) is 8.15. The van der Waals surface area contributed by atoms with Crippen molar-refractivity contribution in [3.8, 4) is 17.2 Å². The number of carbonyl (C=O) groups is 2. The van der Waals surface area contributed by atoms with Crippen molar-refractivity contribution in [1.29, 1.82) is 0 Å². The molecule has 8 nitrogen and oxygen atoms in total. The lowest BCUT2D eigenvalue weighted by atomic mass is 9.94. The van der Waals surface area contributed by atoms with Crippen molar-refractivity contribution in [2.24, 2.45) is 0 Å². The molecule has 1 amide bonds. The Labute approximate surface area is 198 Å². The van der Waals surface area contributed by atoms with Crippen LogP contribution in [-0.2, 0) is 14.3 Å².